The zero-order chi connectivity index (χ0) is 10.7. The molecule has 78 valence electrons. The van der Waals surface area contributed by atoms with Crippen LogP contribution in [0.5, 0.6) is 5.75 Å². The summed E-state index contributed by atoms with van der Waals surface area (Å²) in [6, 6.07) is 6.76. The molecule has 0 amide bonds. The smallest absolute Gasteiger partial charge is 0.115 e. The van der Waals surface area contributed by atoms with Gasteiger partial charge in [0.15, 0.2) is 0 Å². The minimum Gasteiger partial charge on any atom is -0.508 e. The van der Waals surface area contributed by atoms with Gasteiger partial charge in [0.2, 0.25) is 0 Å². The van der Waals surface area contributed by atoms with Crippen LogP contribution in [0.1, 0.15) is 0 Å². The lowest BCUT2D eigenvalue weighted by atomic mass is 10.1. The molecule has 0 saturated heterocycles. The van der Waals surface area contributed by atoms with Crippen molar-refractivity contribution in [3.05, 3.63) is 30.5 Å². The third-order valence-electron chi connectivity index (χ3n) is 2.09. The van der Waals surface area contributed by atoms with Crippen LogP contribution in [0.3, 0.4) is 0 Å². The molecule has 0 unspecified atom stereocenters. The highest BCUT2D eigenvalue weighted by molar-refractivity contribution is 5.59. The van der Waals surface area contributed by atoms with Crippen LogP contribution in [0, 0.1) is 0 Å². The molecular formula is C10H11N3O2. The molecule has 1 aromatic heterocycles. The van der Waals surface area contributed by atoms with E-state index in [4.69, 9.17) is 10.2 Å². The molecule has 2 rings (SSSR count). The predicted octanol–water partition coefficient (Wildman–Crippen LogP) is 0.643. The monoisotopic (exact) mass is 205 g/mol. The van der Waals surface area contributed by atoms with Crippen LogP contribution in [-0.4, -0.2) is 31.8 Å². The Hall–Kier alpha value is -1.88. The molecule has 0 radical (unpaired) electrons. The maximum Gasteiger partial charge on any atom is 0.115 e. The fourth-order valence-electron chi connectivity index (χ4n) is 1.37. The van der Waals surface area contributed by atoms with Crippen molar-refractivity contribution >= 4 is 0 Å². The summed E-state index contributed by atoms with van der Waals surface area (Å²) in [5.74, 6) is 0.222. The molecule has 0 aliphatic rings. The van der Waals surface area contributed by atoms with Gasteiger partial charge in [0, 0.05) is 5.56 Å². The van der Waals surface area contributed by atoms with Crippen molar-refractivity contribution in [1.82, 2.24) is 15.0 Å². The van der Waals surface area contributed by atoms with Crippen LogP contribution in [-0.2, 0) is 6.54 Å². The highest BCUT2D eigenvalue weighted by Crippen LogP contribution is 2.20. The maximum atomic E-state index is 9.15. The number of phenols is 1. The molecule has 0 bridgehead atoms. The van der Waals surface area contributed by atoms with E-state index in [2.05, 4.69) is 10.3 Å². The standard InChI is InChI=1S/C10H11N3O2/c14-6-5-13-10(7-11-12-13)8-1-3-9(15)4-2-8/h1-4,7,14-15H,5-6H2. The lowest BCUT2D eigenvalue weighted by Crippen LogP contribution is -2.05. The Bertz CT molecular complexity index is 436. The van der Waals surface area contributed by atoms with Gasteiger partial charge in [-0.15, -0.1) is 5.10 Å². The van der Waals surface area contributed by atoms with Crippen molar-refractivity contribution in [2.45, 2.75) is 6.54 Å². The van der Waals surface area contributed by atoms with Gasteiger partial charge in [-0.1, -0.05) is 5.21 Å². The van der Waals surface area contributed by atoms with Crippen LogP contribution in [0.2, 0.25) is 0 Å². The summed E-state index contributed by atoms with van der Waals surface area (Å²) in [6.07, 6.45) is 1.63. The number of hydrogen-bond acceptors (Lipinski definition) is 4. The Morgan fingerprint density at radius 2 is 1.93 bits per heavy atom. The molecule has 0 fully saturated rings. The van der Waals surface area contributed by atoms with Crippen molar-refractivity contribution < 1.29 is 10.2 Å². The molecule has 0 atom stereocenters. The largest absolute Gasteiger partial charge is 0.508 e. The molecule has 2 aromatic rings. The van der Waals surface area contributed by atoms with Gasteiger partial charge >= 0.3 is 0 Å². The van der Waals surface area contributed by atoms with Crippen LogP contribution in [0.15, 0.2) is 30.5 Å². The summed E-state index contributed by atoms with van der Waals surface area (Å²) in [6.45, 7) is 0.435. The van der Waals surface area contributed by atoms with E-state index >= 15 is 0 Å². The van der Waals surface area contributed by atoms with E-state index in [9.17, 15) is 0 Å². The summed E-state index contributed by atoms with van der Waals surface area (Å²) in [4.78, 5) is 0. The first kappa shape index (κ1) is 9.67. The first-order chi connectivity index (χ1) is 7.31. The average molecular weight is 205 g/mol. The molecule has 0 spiro atoms. The quantitative estimate of drug-likeness (QED) is 0.771. The zero-order valence-electron chi connectivity index (χ0n) is 8.04. The minimum absolute atomic E-state index is 0.0223. The second-order valence-corrected chi connectivity index (χ2v) is 3.11. The Kier molecular flexibility index (Phi) is 2.64. The van der Waals surface area contributed by atoms with E-state index in [1.165, 1.54) is 0 Å². The number of aromatic hydroxyl groups is 1. The SMILES string of the molecule is OCCn1nncc1-c1ccc(O)cc1. The van der Waals surface area contributed by atoms with E-state index in [0.717, 1.165) is 11.3 Å². The van der Waals surface area contributed by atoms with E-state index < -0.39 is 0 Å². The van der Waals surface area contributed by atoms with Gasteiger partial charge in [-0.05, 0) is 24.3 Å². The number of aromatic nitrogens is 3. The summed E-state index contributed by atoms with van der Waals surface area (Å²) in [5.41, 5.74) is 1.73. The molecule has 5 nitrogen and oxygen atoms in total. The zero-order valence-corrected chi connectivity index (χ0v) is 8.04. The number of aliphatic hydroxyl groups is 1. The second kappa shape index (κ2) is 4.10. The van der Waals surface area contributed by atoms with Gasteiger partial charge < -0.3 is 10.2 Å². The Balaban J connectivity index is 2.36. The van der Waals surface area contributed by atoms with E-state index in [1.54, 1.807) is 35.1 Å². The number of rotatable bonds is 3. The molecule has 1 aromatic carbocycles. The Labute approximate surface area is 86.6 Å². The van der Waals surface area contributed by atoms with Crippen molar-refractivity contribution in [2.24, 2.45) is 0 Å². The minimum atomic E-state index is 0.0223. The molecule has 0 aliphatic carbocycles. The Morgan fingerprint density at radius 3 is 2.60 bits per heavy atom. The van der Waals surface area contributed by atoms with E-state index in [-0.39, 0.29) is 12.4 Å². The third-order valence-corrected chi connectivity index (χ3v) is 2.09. The fourth-order valence-corrected chi connectivity index (χ4v) is 1.37. The van der Waals surface area contributed by atoms with Crippen molar-refractivity contribution in [3.8, 4) is 17.0 Å². The normalized spacial score (nSPS) is 10.5. The summed E-state index contributed by atoms with van der Waals surface area (Å²) in [7, 11) is 0. The number of nitrogens with zero attached hydrogens (tertiary/aromatic N) is 3. The molecule has 0 saturated carbocycles. The van der Waals surface area contributed by atoms with Crippen molar-refractivity contribution in [2.75, 3.05) is 6.61 Å². The van der Waals surface area contributed by atoms with Gasteiger partial charge in [0.25, 0.3) is 0 Å². The van der Waals surface area contributed by atoms with Gasteiger partial charge in [0.1, 0.15) is 5.75 Å². The van der Waals surface area contributed by atoms with Crippen LogP contribution in [0.4, 0.5) is 0 Å². The van der Waals surface area contributed by atoms with Gasteiger partial charge in [-0.2, -0.15) is 0 Å². The number of aliphatic hydroxyl groups excluding tert-OH is 1. The average Bonchev–Trinajstić information content (AvgIpc) is 2.68. The summed E-state index contributed by atoms with van der Waals surface area (Å²) < 4.78 is 1.62. The lowest BCUT2D eigenvalue weighted by molar-refractivity contribution is 0.269. The third kappa shape index (κ3) is 1.97. The first-order valence-electron chi connectivity index (χ1n) is 4.60. The summed E-state index contributed by atoms with van der Waals surface area (Å²) in [5, 5.41) is 25.6. The molecular weight excluding hydrogens is 194 g/mol. The fraction of sp³-hybridized carbons (Fsp3) is 0.200. The topological polar surface area (TPSA) is 71.2 Å². The molecule has 15 heavy (non-hydrogen) atoms. The predicted molar refractivity (Wildman–Crippen MR) is 54.2 cm³/mol. The molecule has 0 aliphatic heterocycles. The number of benzene rings is 1. The van der Waals surface area contributed by atoms with Gasteiger partial charge in [-0.3, -0.25) is 0 Å². The highest BCUT2D eigenvalue weighted by atomic mass is 16.3. The van der Waals surface area contributed by atoms with E-state index in [1.807, 2.05) is 0 Å². The lowest BCUT2D eigenvalue weighted by Gasteiger charge is -2.03. The van der Waals surface area contributed by atoms with Crippen LogP contribution in [0.25, 0.3) is 11.3 Å². The number of hydrogen-bond donors (Lipinski definition) is 2. The number of phenolic OH excluding ortho intramolecular Hbond substituents is 1. The van der Waals surface area contributed by atoms with Gasteiger partial charge in [0.05, 0.1) is 25.0 Å². The molecule has 2 N–H and O–H groups in total. The molecule has 5 heteroatoms. The van der Waals surface area contributed by atoms with Crippen LogP contribution >= 0.6 is 0 Å². The highest BCUT2D eigenvalue weighted by Gasteiger charge is 2.05. The Morgan fingerprint density at radius 1 is 1.20 bits per heavy atom. The maximum absolute atomic E-state index is 9.15. The molecule has 1 heterocycles. The van der Waals surface area contributed by atoms with Crippen LogP contribution < -0.4 is 0 Å². The summed E-state index contributed by atoms with van der Waals surface area (Å²) >= 11 is 0. The second-order valence-electron chi connectivity index (χ2n) is 3.11. The van der Waals surface area contributed by atoms with Crippen molar-refractivity contribution in [1.29, 1.82) is 0 Å². The van der Waals surface area contributed by atoms with Gasteiger partial charge in [-0.25, -0.2) is 4.68 Å². The van der Waals surface area contributed by atoms with Crippen molar-refractivity contribution in [3.63, 3.8) is 0 Å². The van der Waals surface area contributed by atoms with E-state index in [0.29, 0.717) is 6.54 Å². The first-order valence-corrected chi connectivity index (χ1v) is 4.60.